The number of benzene rings is 1. The Morgan fingerprint density at radius 3 is 2.78 bits per heavy atom. The van der Waals surface area contributed by atoms with E-state index in [0.29, 0.717) is 18.8 Å². The van der Waals surface area contributed by atoms with Gasteiger partial charge in [0.2, 0.25) is 5.91 Å². The van der Waals surface area contributed by atoms with Crippen LogP contribution < -0.4 is 11.1 Å². The Kier molecular flexibility index (Phi) is 10.7. The van der Waals surface area contributed by atoms with Gasteiger partial charge in [-0.2, -0.15) is 0 Å². The number of thiazole rings is 1. The van der Waals surface area contributed by atoms with Crippen molar-refractivity contribution in [2.45, 2.75) is 19.3 Å². The number of unbranched alkanes of at least 4 members (excludes halogenated alkanes) is 1. The van der Waals surface area contributed by atoms with E-state index < -0.39 is 0 Å². The first-order chi connectivity index (χ1) is 10.2. The molecule has 0 aliphatic heterocycles. The summed E-state index contributed by atoms with van der Waals surface area (Å²) in [4.78, 5) is 16.1. The number of carbonyl (C=O) groups is 1. The summed E-state index contributed by atoms with van der Waals surface area (Å²) >= 11 is 1.41. The number of halogens is 3. The Labute approximate surface area is 151 Å². The van der Waals surface area contributed by atoms with Gasteiger partial charge >= 0.3 is 0 Å². The summed E-state index contributed by atoms with van der Waals surface area (Å²) in [6.07, 6.45) is 2.03. The molecule has 0 saturated carbocycles. The fourth-order valence-corrected chi connectivity index (χ4v) is 2.68. The maximum absolute atomic E-state index is 13.2. The third-order valence-corrected chi connectivity index (χ3v) is 3.86. The second-order valence-corrected chi connectivity index (χ2v) is 5.53. The molecule has 4 nitrogen and oxygen atoms in total. The van der Waals surface area contributed by atoms with Gasteiger partial charge in [0.05, 0.1) is 12.1 Å². The molecule has 1 aromatic heterocycles. The molecule has 3 N–H and O–H groups in total. The third-order valence-electron chi connectivity index (χ3n) is 2.92. The molecule has 1 amide bonds. The molecule has 0 bridgehead atoms. The van der Waals surface area contributed by atoms with Gasteiger partial charge in [0.1, 0.15) is 10.8 Å². The summed E-state index contributed by atoms with van der Waals surface area (Å²) in [5.41, 5.74) is 6.82. The van der Waals surface area contributed by atoms with Crippen LogP contribution in [0.15, 0.2) is 29.6 Å². The monoisotopic (exact) mass is 379 g/mol. The Bertz CT molecular complexity index is 610. The molecule has 1 heterocycles. The summed E-state index contributed by atoms with van der Waals surface area (Å²) in [7, 11) is 0. The highest BCUT2D eigenvalue weighted by atomic mass is 35.5. The topological polar surface area (TPSA) is 68.0 Å². The average molecular weight is 380 g/mol. The number of nitrogens with one attached hydrogen (secondary N) is 1. The lowest BCUT2D eigenvalue weighted by Crippen LogP contribution is -2.26. The molecule has 0 fully saturated rings. The molecule has 0 atom stereocenters. The SMILES string of the molecule is Cl.Cl.NCCCCNC(=O)Cc1csc(-c2cccc(F)c2)n1. The van der Waals surface area contributed by atoms with Crippen LogP contribution in [0.1, 0.15) is 18.5 Å². The van der Waals surface area contributed by atoms with Crippen molar-refractivity contribution in [2.75, 3.05) is 13.1 Å². The molecule has 0 aliphatic rings. The summed E-state index contributed by atoms with van der Waals surface area (Å²) < 4.78 is 13.2. The first-order valence-corrected chi connectivity index (χ1v) is 7.74. The van der Waals surface area contributed by atoms with Gasteiger partial charge in [-0.15, -0.1) is 36.2 Å². The quantitative estimate of drug-likeness (QED) is 0.725. The largest absolute Gasteiger partial charge is 0.356 e. The Balaban J connectivity index is 0.00000242. The van der Waals surface area contributed by atoms with Crippen LogP contribution in [-0.2, 0) is 11.2 Å². The van der Waals surface area contributed by atoms with Crippen LogP contribution in [0.5, 0.6) is 0 Å². The van der Waals surface area contributed by atoms with E-state index in [1.807, 2.05) is 5.38 Å². The molecular weight excluding hydrogens is 360 g/mol. The normalized spacial score (nSPS) is 9.65. The minimum atomic E-state index is -0.290. The van der Waals surface area contributed by atoms with Crippen LogP contribution in [0.25, 0.3) is 10.6 Å². The van der Waals surface area contributed by atoms with Crippen LogP contribution in [0, 0.1) is 5.82 Å². The average Bonchev–Trinajstić information content (AvgIpc) is 2.92. The predicted octanol–water partition coefficient (Wildman–Crippen LogP) is 3.19. The van der Waals surface area contributed by atoms with Gasteiger partial charge in [-0.1, -0.05) is 12.1 Å². The highest BCUT2D eigenvalue weighted by Gasteiger charge is 2.09. The van der Waals surface area contributed by atoms with E-state index in [2.05, 4.69) is 10.3 Å². The maximum atomic E-state index is 13.2. The first kappa shape index (κ1) is 21.8. The predicted molar refractivity (Wildman–Crippen MR) is 97.0 cm³/mol. The van der Waals surface area contributed by atoms with E-state index in [4.69, 9.17) is 5.73 Å². The van der Waals surface area contributed by atoms with Crippen molar-refractivity contribution in [3.63, 3.8) is 0 Å². The van der Waals surface area contributed by atoms with Crippen LogP contribution >= 0.6 is 36.2 Å². The zero-order valence-electron chi connectivity index (χ0n) is 12.5. The third kappa shape index (κ3) is 7.26. The first-order valence-electron chi connectivity index (χ1n) is 6.86. The van der Waals surface area contributed by atoms with Crippen molar-refractivity contribution < 1.29 is 9.18 Å². The minimum absolute atomic E-state index is 0. The molecule has 8 heteroatoms. The van der Waals surface area contributed by atoms with Crippen LogP contribution in [-0.4, -0.2) is 24.0 Å². The number of carbonyl (C=O) groups excluding carboxylic acids is 1. The van der Waals surface area contributed by atoms with Crippen molar-refractivity contribution in [2.24, 2.45) is 5.73 Å². The van der Waals surface area contributed by atoms with Crippen molar-refractivity contribution in [3.05, 3.63) is 41.2 Å². The lowest BCUT2D eigenvalue weighted by Gasteiger charge is -2.02. The molecule has 0 saturated heterocycles. The number of nitrogens with zero attached hydrogens (tertiary/aromatic N) is 1. The molecule has 0 aliphatic carbocycles. The zero-order valence-corrected chi connectivity index (χ0v) is 14.9. The van der Waals surface area contributed by atoms with Gasteiger partial charge in [0.15, 0.2) is 0 Å². The second kappa shape index (κ2) is 11.3. The molecule has 23 heavy (non-hydrogen) atoms. The molecule has 0 spiro atoms. The van der Waals surface area contributed by atoms with E-state index in [1.54, 1.807) is 12.1 Å². The fourth-order valence-electron chi connectivity index (χ4n) is 1.87. The highest BCUT2D eigenvalue weighted by Crippen LogP contribution is 2.24. The zero-order chi connectivity index (χ0) is 15.1. The number of rotatable bonds is 7. The van der Waals surface area contributed by atoms with Gasteiger partial charge in [0.25, 0.3) is 0 Å². The molecule has 2 rings (SSSR count). The summed E-state index contributed by atoms with van der Waals surface area (Å²) in [5, 5.41) is 5.39. The van der Waals surface area contributed by atoms with Crippen LogP contribution in [0.4, 0.5) is 4.39 Å². The minimum Gasteiger partial charge on any atom is -0.356 e. The summed E-state index contributed by atoms with van der Waals surface area (Å²) in [6, 6.07) is 6.29. The van der Waals surface area contributed by atoms with Crippen LogP contribution in [0.2, 0.25) is 0 Å². The van der Waals surface area contributed by atoms with Crippen molar-refractivity contribution in [1.82, 2.24) is 10.3 Å². The molecular formula is C15H20Cl2FN3OS. The number of hydrogen-bond acceptors (Lipinski definition) is 4. The lowest BCUT2D eigenvalue weighted by molar-refractivity contribution is -0.120. The fraction of sp³-hybridized carbons (Fsp3) is 0.333. The standard InChI is InChI=1S/C15H18FN3OS.2ClH/c16-12-5-3-4-11(8-12)15-19-13(10-21-15)9-14(20)18-7-2-1-6-17;;/h3-5,8,10H,1-2,6-7,9,17H2,(H,18,20);2*1H. The van der Waals surface area contributed by atoms with E-state index >= 15 is 0 Å². The second-order valence-electron chi connectivity index (χ2n) is 4.68. The van der Waals surface area contributed by atoms with E-state index in [1.165, 1.54) is 23.5 Å². The molecule has 1 aromatic carbocycles. The summed E-state index contributed by atoms with van der Waals surface area (Å²) in [6.45, 7) is 1.27. The number of aromatic nitrogens is 1. The van der Waals surface area contributed by atoms with Crippen molar-refractivity contribution >= 4 is 42.1 Å². The van der Waals surface area contributed by atoms with Gasteiger partial charge in [-0.3, -0.25) is 4.79 Å². The Hall–Kier alpha value is -1.21. The lowest BCUT2D eigenvalue weighted by atomic mass is 10.2. The highest BCUT2D eigenvalue weighted by molar-refractivity contribution is 7.13. The van der Waals surface area contributed by atoms with Gasteiger partial charge in [-0.25, -0.2) is 9.37 Å². The molecule has 128 valence electrons. The van der Waals surface area contributed by atoms with Crippen molar-refractivity contribution in [1.29, 1.82) is 0 Å². The van der Waals surface area contributed by atoms with E-state index in [-0.39, 0.29) is 43.0 Å². The summed E-state index contributed by atoms with van der Waals surface area (Å²) in [5.74, 6) is -0.343. The van der Waals surface area contributed by atoms with Gasteiger partial charge < -0.3 is 11.1 Å². The Morgan fingerprint density at radius 2 is 2.09 bits per heavy atom. The number of hydrogen-bond donors (Lipinski definition) is 2. The maximum Gasteiger partial charge on any atom is 0.226 e. The smallest absolute Gasteiger partial charge is 0.226 e. The van der Waals surface area contributed by atoms with E-state index in [9.17, 15) is 9.18 Å². The number of nitrogens with two attached hydrogens (primary N) is 1. The molecule has 0 unspecified atom stereocenters. The number of amides is 1. The van der Waals surface area contributed by atoms with Gasteiger partial charge in [-0.05, 0) is 31.5 Å². The molecule has 2 aromatic rings. The van der Waals surface area contributed by atoms with Crippen molar-refractivity contribution in [3.8, 4) is 10.6 Å². The van der Waals surface area contributed by atoms with E-state index in [0.717, 1.165) is 23.4 Å². The van der Waals surface area contributed by atoms with Crippen LogP contribution in [0.3, 0.4) is 0 Å². The molecule has 0 radical (unpaired) electrons. The Morgan fingerprint density at radius 1 is 1.30 bits per heavy atom. The van der Waals surface area contributed by atoms with Gasteiger partial charge in [0, 0.05) is 17.5 Å².